The maximum absolute atomic E-state index is 14.5. The van der Waals surface area contributed by atoms with Crippen LogP contribution >= 0.6 is 0 Å². The van der Waals surface area contributed by atoms with Crippen molar-refractivity contribution in [2.24, 2.45) is 0 Å². The number of carbonyl (C=O) groups is 1. The lowest BCUT2D eigenvalue weighted by molar-refractivity contribution is 0.0935. The van der Waals surface area contributed by atoms with Gasteiger partial charge >= 0.3 is 0 Å². The number of methoxy groups -OCH3 is 3. The maximum atomic E-state index is 14.5. The van der Waals surface area contributed by atoms with Gasteiger partial charge < -0.3 is 14.2 Å². The molecule has 0 fully saturated rings. The molecule has 1 atom stereocenters. The van der Waals surface area contributed by atoms with Crippen molar-refractivity contribution in [2.75, 3.05) is 21.3 Å². The van der Waals surface area contributed by atoms with Crippen LogP contribution in [0.1, 0.15) is 27.0 Å². The van der Waals surface area contributed by atoms with Crippen LogP contribution in [0.15, 0.2) is 103 Å². The van der Waals surface area contributed by atoms with Crippen molar-refractivity contribution in [3.05, 3.63) is 125 Å². The van der Waals surface area contributed by atoms with Crippen LogP contribution < -0.4 is 14.2 Å². The Balaban J connectivity index is 2.09. The molecule has 0 heterocycles. The fourth-order valence-electron chi connectivity index (χ4n) is 4.30. The summed E-state index contributed by atoms with van der Waals surface area (Å²) in [4.78, 5) is 14.5. The van der Waals surface area contributed by atoms with Crippen LogP contribution in [-0.4, -0.2) is 27.1 Å². The van der Waals surface area contributed by atoms with Crippen LogP contribution in [0.5, 0.6) is 17.2 Å². The summed E-state index contributed by atoms with van der Waals surface area (Å²) < 4.78 is 16.5. The van der Waals surface area contributed by atoms with Crippen LogP contribution in [0.2, 0.25) is 0 Å². The van der Waals surface area contributed by atoms with E-state index in [1.54, 1.807) is 21.3 Å². The molecule has 0 aromatic heterocycles. The van der Waals surface area contributed by atoms with Crippen molar-refractivity contribution in [1.29, 1.82) is 0 Å². The smallest absolute Gasteiger partial charge is 0.182 e. The predicted molar refractivity (Wildman–Crippen MR) is 130 cm³/mol. The minimum atomic E-state index is -1.12. The summed E-state index contributed by atoms with van der Waals surface area (Å²) in [6, 6.07) is 32.5. The molecule has 0 aliphatic carbocycles. The van der Waals surface area contributed by atoms with Crippen LogP contribution in [0.4, 0.5) is 0 Å². The molecule has 0 aliphatic heterocycles. The van der Waals surface area contributed by atoms with E-state index in [1.165, 1.54) is 0 Å². The van der Waals surface area contributed by atoms with E-state index in [-0.39, 0.29) is 5.78 Å². The third-order valence-corrected chi connectivity index (χ3v) is 5.92. The van der Waals surface area contributed by atoms with E-state index in [9.17, 15) is 4.79 Å². The van der Waals surface area contributed by atoms with Gasteiger partial charge in [-0.3, -0.25) is 4.79 Å². The molecule has 4 heteroatoms. The van der Waals surface area contributed by atoms with Crippen LogP contribution in [0.3, 0.4) is 0 Å². The molecule has 0 spiro atoms. The first-order valence-corrected chi connectivity index (χ1v) is 10.7. The van der Waals surface area contributed by atoms with Crippen LogP contribution in [0, 0.1) is 0 Å². The average molecular weight is 439 g/mol. The highest BCUT2D eigenvalue weighted by molar-refractivity contribution is 6.09. The van der Waals surface area contributed by atoms with Gasteiger partial charge in [-0.05, 0) is 41.0 Å². The van der Waals surface area contributed by atoms with Gasteiger partial charge in [-0.2, -0.15) is 0 Å². The Morgan fingerprint density at radius 2 is 1.12 bits per heavy atom. The van der Waals surface area contributed by atoms with Crippen molar-refractivity contribution in [3.63, 3.8) is 0 Å². The molecule has 4 aromatic rings. The van der Waals surface area contributed by atoms with Gasteiger partial charge in [0.15, 0.2) is 17.3 Å². The monoisotopic (exact) mass is 438 g/mol. The van der Waals surface area contributed by atoms with Gasteiger partial charge in [0.25, 0.3) is 0 Å². The molecule has 1 unspecified atom stereocenters. The summed E-state index contributed by atoms with van der Waals surface area (Å²) in [5, 5.41) is 0. The van der Waals surface area contributed by atoms with E-state index in [0.717, 1.165) is 22.4 Å². The highest BCUT2D eigenvalue weighted by atomic mass is 16.5. The first-order chi connectivity index (χ1) is 16.1. The Bertz CT molecular complexity index is 1220. The topological polar surface area (TPSA) is 44.8 Å². The molecule has 33 heavy (non-hydrogen) atoms. The summed E-state index contributed by atoms with van der Waals surface area (Å²) in [7, 11) is 4.82. The SMILES string of the molecule is COc1ccc(C(C(=O)c2ccccc2)(c2ccccc2)c2ccc(OC)c(OC)c2)cc1. The van der Waals surface area contributed by atoms with E-state index >= 15 is 0 Å². The van der Waals surface area contributed by atoms with Gasteiger partial charge in [0.05, 0.1) is 21.3 Å². The second-order valence-corrected chi connectivity index (χ2v) is 7.61. The molecule has 4 nitrogen and oxygen atoms in total. The summed E-state index contributed by atoms with van der Waals surface area (Å²) in [6.45, 7) is 0. The van der Waals surface area contributed by atoms with Crippen molar-refractivity contribution in [2.45, 2.75) is 5.41 Å². The maximum Gasteiger partial charge on any atom is 0.182 e. The van der Waals surface area contributed by atoms with E-state index in [2.05, 4.69) is 0 Å². The summed E-state index contributed by atoms with van der Waals surface area (Å²) in [5.74, 6) is 1.85. The highest BCUT2D eigenvalue weighted by Gasteiger charge is 2.44. The van der Waals surface area contributed by atoms with Crippen molar-refractivity contribution in [1.82, 2.24) is 0 Å². The van der Waals surface area contributed by atoms with Gasteiger partial charge in [0.1, 0.15) is 11.2 Å². The van der Waals surface area contributed by atoms with Crippen molar-refractivity contribution in [3.8, 4) is 17.2 Å². The Labute approximate surface area is 194 Å². The highest BCUT2D eigenvalue weighted by Crippen LogP contribution is 2.45. The Kier molecular flexibility index (Phi) is 6.45. The second-order valence-electron chi connectivity index (χ2n) is 7.61. The number of rotatable bonds is 8. The van der Waals surface area contributed by atoms with Crippen LogP contribution in [0.25, 0.3) is 0 Å². The zero-order valence-corrected chi connectivity index (χ0v) is 18.9. The molecule has 0 aliphatic rings. The molecule has 0 saturated heterocycles. The minimum Gasteiger partial charge on any atom is -0.497 e. The summed E-state index contributed by atoms with van der Waals surface area (Å²) >= 11 is 0. The minimum absolute atomic E-state index is 0.0355. The lowest BCUT2D eigenvalue weighted by atomic mass is 9.65. The van der Waals surface area contributed by atoms with Gasteiger partial charge in [0.2, 0.25) is 0 Å². The third kappa shape index (κ3) is 3.96. The molecule has 0 bridgehead atoms. The molecule has 0 N–H and O–H groups in total. The molecule has 0 saturated carbocycles. The quantitative estimate of drug-likeness (QED) is 0.253. The largest absolute Gasteiger partial charge is 0.497 e. The lowest BCUT2D eigenvalue weighted by Gasteiger charge is -2.35. The second kappa shape index (κ2) is 9.61. The molecule has 166 valence electrons. The number of benzene rings is 4. The van der Waals surface area contributed by atoms with Crippen molar-refractivity contribution >= 4 is 5.78 Å². The fraction of sp³-hybridized carbons (Fsp3) is 0.138. The number of ether oxygens (including phenoxy) is 3. The van der Waals surface area contributed by atoms with Gasteiger partial charge in [0, 0.05) is 5.56 Å². The number of ketones is 1. The number of hydrogen-bond donors (Lipinski definition) is 0. The number of hydrogen-bond acceptors (Lipinski definition) is 4. The molecular formula is C29H26O4. The van der Waals surface area contributed by atoms with Gasteiger partial charge in [-0.1, -0.05) is 78.9 Å². The third-order valence-electron chi connectivity index (χ3n) is 5.92. The Morgan fingerprint density at radius 1 is 0.576 bits per heavy atom. The van der Waals surface area contributed by atoms with E-state index in [0.29, 0.717) is 17.1 Å². The number of carbonyl (C=O) groups excluding carboxylic acids is 1. The predicted octanol–water partition coefficient (Wildman–Crippen LogP) is 5.93. The van der Waals surface area contributed by atoms with E-state index in [1.807, 2.05) is 103 Å². The van der Waals surface area contributed by atoms with Gasteiger partial charge in [-0.15, -0.1) is 0 Å². The first-order valence-electron chi connectivity index (χ1n) is 10.7. The zero-order valence-electron chi connectivity index (χ0n) is 18.9. The summed E-state index contributed by atoms with van der Waals surface area (Å²) in [5.41, 5.74) is 1.97. The molecular weight excluding hydrogens is 412 g/mol. The Morgan fingerprint density at radius 3 is 1.70 bits per heavy atom. The van der Waals surface area contributed by atoms with Crippen LogP contribution in [-0.2, 0) is 5.41 Å². The molecule has 4 rings (SSSR count). The number of Topliss-reactive ketones (excluding diaryl/α,β-unsaturated/α-hetero) is 1. The zero-order chi connectivity index (χ0) is 23.3. The Hall–Kier alpha value is -4.05. The van der Waals surface area contributed by atoms with E-state index in [4.69, 9.17) is 14.2 Å². The average Bonchev–Trinajstić information content (AvgIpc) is 2.90. The first kappa shape index (κ1) is 22.2. The normalized spacial score (nSPS) is 12.5. The molecule has 0 radical (unpaired) electrons. The standard InChI is InChI=1S/C29H26O4/c1-31-25-17-14-23(15-18-25)29(22-12-8-5-9-13-22,28(30)21-10-6-4-7-11-21)24-16-19-26(32-2)27(20-24)33-3/h4-20H,1-3H3. The summed E-state index contributed by atoms with van der Waals surface area (Å²) in [6.07, 6.45) is 0. The van der Waals surface area contributed by atoms with E-state index < -0.39 is 5.41 Å². The molecule has 0 amide bonds. The van der Waals surface area contributed by atoms with Gasteiger partial charge in [-0.25, -0.2) is 0 Å². The molecule has 4 aromatic carbocycles. The fourth-order valence-corrected chi connectivity index (χ4v) is 4.30. The lowest BCUT2D eigenvalue weighted by Crippen LogP contribution is -2.38. The van der Waals surface area contributed by atoms with Crippen molar-refractivity contribution < 1.29 is 19.0 Å².